The average molecular weight is 218 g/mol. The highest BCUT2D eigenvalue weighted by atomic mass is 35.5. The monoisotopic (exact) mass is 217 g/mol. The lowest BCUT2D eigenvalue weighted by molar-refractivity contribution is 0.476. The van der Waals surface area contributed by atoms with Gasteiger partial charge in [0.1, 0.15) is 5.75 Å². The van der Waals surface area contributed by atoms with Crippen LogP contribution < -0.4 is 0 Å². The van der Waals surface area contributed by atoms with Crippen LogP contribution in [-0.2, 0) is 0 Å². The first-order chi connectivity index (χ1) is 7.25. The van der Waals surface area contributed by atoms with E-state index in [0.717, 1.165) is 21.8 Å². The minimum absolute atomic E-state index is 0.255. The zero-order valence-electron chi connectivity index (χ0n) is 7.79. The summed E-state index contributed by atoms with van der Waals surface area (Å²) in [5, 5.41) is 12.2. The van der Waals surface area contributed by atoms with Crippen LogP contribution in [0.5, 0.6) is 5.75 Å². The van der Waals surface area contributed by atoms with Crippen LogP contribution in [0.25, 0.3) is 21.8 Å². The molecule has 1 heterocycles. The van der Waals surface area contributed by atoms with Crippen molar-refractivity contribution in [2.24, 2.45) is 0 Å². The number of aromatic nitrogens is 1. The van der Waals surface area contributed by atoms with Gasteiger partial charge in [0, 0.05) is 16.8 Å². The van der Waals surface area contributed by atoms with Gasteiger partial charge in [-0.2, -0.15) is 0 Å². The molecule has 2 nitrogen and oxygen atoms in total. The number of halogens is 1. The Morgan fingerprint density at radius 3 is 2.80 bits per heavy atom. The number of phenolic OH excluding ortho intramolecular Hbond substituents is 1. The van der Waals surface area contributed by atoms with Crippen molar-refractivity contribution in [2.75, 3.05) is 0 Å². The van der Waals surface area contributed by atoms with Gasteiger partial charge in [-0.25, -0.2) is 0 Å². The number of rotatable bonds is 0. The van der Waals surface area contributed by atoms with Crippen LogP contribution in [0.3, 0.4) is 0 Å². The third kappa shape index (κ3) is 1.18. The van der Waals surface area contributed by atoms with E-state index in [-0.39, 0.29) is 5.75 Å². The lowest BCUT2D eigenvalue weighted by atomic mass is 10.1. The van der Waals surface area contributed by atoms with Gasteiger partial charge in [-0.05, 0) is 18.2 Å². The predicted octanol–water partition coefficient (Wildman–Crippen LogP) is 3.68. The minimum Gasteiger partial charge on any atom is -0.508 e. The summed E-state index contributed by atoms with van der Waals surface area (Å²) in [4.78, 5) is 3.20. The number of aromatic amines is 1. The molecule has 2 N–H and O–H groups in total. The Bertz CT molecular complexity index is 657. The van der Waals surface area contributed by atoms with Gasteiger partial charge in [0.05, 0.1) is 16.1 Å². The Hall–Kier alpha value is -1.67. The Balaban J connectivity index is 2.57. The van der Waals surface area contributed by atoms with Crippen LogP contribution in [0, 0.1) is 0 Å². The molecule has 0 amide bonds. The lowest BCUT2D eigenvalue weighted by Crippen LogP contribution is -1.68. The van der Waals surface area contributed by atoms with Crippen LogP contribution >= 0.6 is 11.6 Å². The summed E-state index contributed by atoms with van der Waals surface area (Å²) in [6, 6.07) is 11.0. The second-order valence-electron chi connectivity index (χ2n) is 3.52. The van der Waals surface area contributed by atoms with Crippen LogP contribution in [-0.4, -0.2) is 10.1 Å². The maximum absolute atomic E-state index is 9.37. The summed E-state index contributed by atoms with van der Waals surface area (Å²) >= 11 is 6.07. The molecule has 0 atom stereocenters. The summed E-state index contributed by atoms with van der Waals surface area (Å²) in [6.45, 7) is 0. The number of fused-ring (bicyclic) bond motifs is 3. The molecular formula is C12H8ClNO. The average Bonchev–Trinajstić information content (AvgIpc) is 2.57. The second kappa shape index (κ2) is 2.91. The first-order valence-corrected chi connectivity index (χ1v) is 5.02. The van der Waals surface area contributed by atoms with Gasteiger partial charge in [0.2, 0.25) is 0 Å². The number of H-pyrrole nitrogens is 1. The topological polar surface area (TPSA) is 36.0 Å². The quantitative estimate of drug-likeness (QED) is 0.592. The molecule has 0 spiro atoms. The first kappa shape index (κ1) is 8.62. The van der Waals surface area contributed by atoms with E-state index in [2.05, 4.69) is 4.98 Å². The number of benzene rings is 2. The smallest absolute Gasteiger partial charge is 0.117 e. The van der Waals surface area contributed by atoms with E-state index in [1.54, 1.807) is 12.1 Å². The number of phenols is 1. The van der Waals surface area contributed by atoms with Gasteiger partial charge in [-0.15, -0.1) is 0 Å². The summed E-state index contributed by atoms with van der Waals surface area (Å²) < 4.78 is 0. The third-order valence-corrected chi connectivity index (χ3v) is 2.88. The fourth-order valence-electron chi connectivity index (χ4n) is 1.88. The Labute approximate surface area is 91.1 Å². The molecule has 0 radical (unpaired) electrons. The molecule has 3 aromatic rings. The third-order valence-electron chi connectivity index (χ3n) is 2.57. The zero-order chi connectivity index (χ0) is 10.4. The molecule has 0 unspecified atom stereocenters. The van der Waals surface area contributed by atoms with Crippen molar-refractivity contribution in [3.63, 3.8) is 0 Å². The number of para-hydroxylation sites is 1. The second-order valence-corrected chi connectivity index (χ2v) is 3.92. The maximum atomic E-state index is 9.37. The molecular weight excluding hydrogens is 210 g/mol. The van der Waals surface area contributed by atoms with Gasteiger partial charge in [-0.1, -0.05) is 23.7 Å². The van der Waals surface area contributed by atoms with Crippen molar-refractivity contribution in [1.82, 2.24) is 4.98 Å². The van der Waals surface area contributed by atoms with Crippen molar-refractivity contribution >= 4 is 33.4 Å². The van der Waals surface area contributed by atoms with E-state index in [1.807, 2.05) is 24.3 Å². The summed E-state index contributed by atoms with van der Waals surface area (Å²) in [5.74, 6) is 0.255. The molecule has 74 valence electrons. The molecule has 0 aliphatic carbocycles. The van der Waals surface area contributed by atoms with Gasteiger partial charge < -0.3 is 10.1 Å². The molecule has 3 rings (SSSR count). The SMILES string of the molecule is Oc1ccc2c(c1)[nH]c1c(Cl)cccc12. The van der Waals surface area contributed by atoms with E-state index >= 15 is 0 Å². The molecule has 0 aliphatic rings. The van der Waals surface area contributed by atoms with Crippen molar-refractivity contribution < 1.29 is 5.11 Å². The fourth-order valence-corrected chi connectivity index (χ4v) is 2.10. The standard InChI is InChI=1S/C12H8ClNO/c13-10-3-1-2-9-8-5-4-7(15)6-11(8)14-12(9)10/h1-6,14-15H. The molecule has 0 aliphatic heterocycles. The van der Waals surface area contributed by atoms with E-state index < -0.39 is 0 Å². The number of hydrogen-bond donors (Lipinski definition) is 2. The predicted molar refractivity (Wildman–Crippen MR) is 62.5 cm³/mol. The number of nitrogens with one attached hydrogen (secondary N) is 1. The summed E-state index contributed by atoms with van der Waals surface area (Å²) in [7, 11) is 0. The Morgan fingerprint density at radius 1 is 1.07 bits per heavy atom. The Morgan fingerprint density at radius 2 is 1.93 bits per heavy atom. The molecule has 1 aromatic heterocycles. The molecule has 2 aromatic carbocycles. The molecule has 0 fully saturated rings. The molecule has 0 saturated heterocycles. The van der Waals surface area contributed by atoms with Crippen molar-refractivity contribution in [1.29, 1.82) is 0 Å². The summed E-state index contributed by atoms with van der Waals surface area (Å²) in [5.41, 5.74) is 1.82. The normalized spacial score (nSPS) is 11.3. The first-order valence-electron chi connectivity index (χ1n) is 4.64. The van der Waals surface area contributed by atoms with Crippen molar-refractivity contribution in [2.45, 2.75) is 0 Å². The molecule has 0 saturated carbocycles. The number of aromatic hydroxyl groups is 1. The summed E-state index contributed by atoms with van der Waals surface area (Å²) in [6.07, 6.45) is 0. The molecule has 15 heavy (non-hydrogen) atoms. The highest BCUT2D eigenvalue weighted by molar-refractivity contribution is 6.36. The fraction of sp³-hybridized carbons (Fsp3) is 0. The zero-order valence-corrected chi connectivity index (χ0v) is 8.55. The van der Waals surface area contributed by atoms with Crippen LogP contribution in [0.4, 0.5) is 0 Å². The van der Waals surface area contributed by atoms with Crippen LogP contribution in [0.1, 0.15) is 0 Å². The van der Waals surface area contributed by atoms with Gasteiger partial charge in [0.15, 0.2) is 0 Å². The van der Waals surface area contributed by atoms with Crippen LogP contribution in [0.15, 0.2) is 36.4 Å². The molecule has 0 bridgehead atoms. The highest BCUT2D eigenvalue weighted by Gasteiger charge is 2.06. The highest BCUT2D eigenvalue weighted by Crippen LogP contribution is 2.31. The van der Waals surface area contributed by atoms with E-state index in [4.69, 9.17) is 11.6 Å². The van der Waals surface area contributed by atoms with Crippen molar-refractivity contribution in [3.05, 3.63) is 41.4 Å². The lowest BCUT2D eigenvalue weighted by Gasteiger charge is -1.92. The van der Waals surface area contributed by atoms with Crippen LogP contribution in [0.2, 0.25) is 5.02 Å². The van der Waals surface area contributed by atoms with Crippen molar-refractivity contribution in [3.8, 4) is 5.75 Å². The Kier molecular flexibility index (Phi) is 1.67. The number of hydrogen-bond acceptors (Lipinski definition) is 1. The van der Waals surface area contributed by atoms with Gasteiger partial charge in [-0.3, -0.25) is 0 Å². The molecule has 3 heteroatoms. The van der Waals surface area contributed by atoms with Gasteiger partial charge in [0.25, 0.3) is 0 Å². The van der Waals surface area contributed by atoms with Gasteiger partial charge >= 0.3 is 0 Å². The van der Waals surface area contributed by atoms with E-state index in [9.17, 15) is 5.11 Å². The minimum atomic E-state index is 0.255. The van der Waals surface area contributed by atoms with E-state index in [0.29, 0.717) is 5.02 Å². The largest absolute Gasteiger partial charge is 0.508 e. The van der Waals surface area contributed by atoms with E-state index in [1.165, 1.54) is 0 Å². The maximum Gasteiger partial charge on any atom is 0.117 e.